The number of rotatable bonds is 1. The van der Waals surface area contributed by atoms with Crippen LogP contribution in [0.3, 0.4) is 0 Å². The lowest BCUT2D eigenvalue weighted by Gasteiger charge is -2.19. The number of hydrogen-bond donors (Lipinski definition) is 1. The van der Waals surface area contributed by atoms with Gasteiger partial charge in [0.1, 0.15) is 5.76 Å². The molecule has 0 aromatic carbocycles. The van der Waals surface area contributed by atoms with Gasteiger partial charge in [-0.05, 0) is 37.8 Å². The quantitative estimate of drug-likeness (QED) is 0.795. The molecule has 0 saturated carbocycles. The minimum atomic E-state index is 0.179. The Labute approximate surface area is 94.0 Å². The molecule has 1 atom stereocenters. The van der Waals surface area contributed by atoms with E-state index in [0.717, 1.165) is 30.8 Å². The highest BCUT2D eigenvalue weighted by Crippen LogP contribution is 2.30. The summed E-state index contributed by atoms with van der Waals surface area (Å²) in [5, 5.41) is 4.04. The molecule has 2 heterocycles. The lowest BCUT2D eigenvalue weighted by molar-refractivity contribution is 0.394. The molecule has 84 valence electrons. The van der Waals surface area contributed by atoms with Crippen molar-refractivity contribution >= 4 is 0 Å². The minimum Gasteiger partial charge on any atom is -0.360 e. The molecule has 0 aliphatic heterocycles. The molecule has 1 unspecified atom stereocenters. The first-order valence-electron chi connectivity index (χ1n) is 5.65. The maximum Gasteiger partial charge on any atom is 0.180 e. The van der Waals surface area contributed by atoms with E-state index in [9.17, 15) is 0 Å². The summed E-state index contributed by atoms with van der Waals surface area (Å²) in [5.74, 6) is 1.69. The lowest BCUT2D eigenvalue weighted by atomic mass is 9.94. The van der Waals surface area contributed by atoms with E-state index >= 15 is 0 Å². The van der Waals surface area contributed by atoms with Gasteiger partial charge in [-0.25, -0.2) is 0 Å². The molecule has 4 heteroatoms. The molecular weight excluding hydrogens is 202 g/mol. The Hall–Kier alpha value is -1.55. The maximum absolute atomic E-state index is 6.09. The summed E-state index contributed by atoms with van der Waals surface area (Å²) < 4.78 is 7.19. The van der Waals surface area contributed by atoms with E-state index in [1.807, 2.05) is 19.2 Å². The Kier molecular flexibility index (Phi) is 2.11. The first kappa shape index (κ1) is 9.66. The van der Waals surface area contributed by atoms with Crippen LogP contribution in [0.2, 0.25) is 0 Å². The van der Waals surface area contributed by atoms with Crippen molar-refractivity contribution < 1.29 is 4.52 Å². The third-order valence-corrected chi connectivity index (χ3v) is 3.22. The zero-order valence-corrected chi connectivity index (χ0v) is 9.31. The minimum absolute atomic E-state index is 0.179. The van der Waals surface area contributed by atoms with E-state index in [1.54, 1.807) is 0 Å². The van der Waals surface area contributed by atoms with E-state index in [2.05, 4.69) is 15.8 Å². The van der Waals surface area contributed by atoms with Crippen molar-refractivity contribution in [2.24, 2.45) is 5.73 Å². The molecule has 4 nitrogen and oxygen atoms in total. The van der Waals surface area contributed by atoms with Crippen LogP contribution in [0.4, 0.5) is 0 Å². The van der Waals surface area contributed by atoms with Gasteiger partial charge in [0.25, 0.3) is 0 Å². The van der Waals surface area contributed by atoms with Gasteiger partial charge in [0.2, 0.25) is 0 Å². The molecule has 0 amide bonds. The Morgan fingerprint density at radius 2 is 2.44 bits per heavy atom. The number of nitrogens with two attached hydrogens (primary N) is 1. The van der Waals surface area contributed by atoms with Crippen LogP contribution in [0.1, 0.15) is 35.9 Å². The van der Waals surface area contributed by atoms with Crippen LogP contribution in [-0.2, 0) is 6.42 Å². The SMILES string of the molecule is Cc1cc(-n2ccc3c2CCCC3N)no1. The van der Waals surface area contributed by atoms with Gasteiger partial charge in [0.15, 0.2) is 5.82 Å². The van der Waals surface area contributed by atoms with Crippen molar-refractivity contribution in [1.29, 1.82) is 0 Å². The van der Waals surface area contributed by atoms with Crippen LogP contribution in [0, 0.1) is 6.92 Å². The van der Waals surface area contributed by atoms with Gasteiger partial charge in [-0.15, -0.1) is 0 Å². The summed E-state index contributed by atoms with van der Waals surface area (Å²) in [6, 6.07) is 4.22. The molecular formula is C12H15N3O. The molecule has 2 aromatic rings. The normalized spacial score (nSPS) is 19.8. The molecule has 2 N–H and O–H groups in total. The third kappa shape index (κ3) is 1.38. The van der Waals surface area contributed by atoms with Crippen molar-refractivity contribution in [3.05, 3.63) is 35.3 Å². The van der Waals surface area contributed by atoms with Crippen molar-refractivity contribution in [1.82, 2.24) is 9.72 Å². The third-order valence-electron chi connectivity index (χ3n) is 3.22. The molecule has 16 heavy (non-hydrogen) atoms. The molecule has 3 rings (SSSR count). The molecule has 0 bridgehead atoms. The summed E-state index contributed by atoms with van der Waals surface area (Å²) in [6.45, 7) is 1.90. The van der Waals surface area contributed by atoms with Crippen molar-refractivity contribution in [3.8, 4) is 5.82 Å². The smallest absolute Gasteiger partial charge is 0.180 e. The van der Waals surface area contributed by atoms with Crippen molar-refractivity contribution in [2.45, 2.75) is 32.2 Å². The van der Waals surface area contributed by atoms with Crippen LogP contribution >= 0.6 is 0 Å². The Morgan fingerprint density at radius 1 is 1.56 bits per heavy atom. The number of aromatic nitrogens is 2. The number of hydrogen-bond acceptors (Lipinski definition) is 3. The summed E-state index contributed by atoms with van der Waals surface area (Å²) in [6.07, 6.45) is 5.33. The zero-order chi connectivity index (χ0) is 11.1. The highest BCUT2D eigenvalue weighted by atomic mass is 16.5. The van der Waals surface area contributed by atoms with Crippen LogP contribution in [0.5, 0.6) is 0 Å². The highest BCUT2D eigenvalue weighted by molar-refractivity contribution is 5.36. The summed E-state index contributed by atoms with van der Waals surface area (Å²) >= 11 is 0. The van der Waals surface area contributed by atoms with Crippen LogP contribution < -0.4 is 5.73 Å². The van der Waals surface area contributed by atoms with E-state index in [0.29, 0.717) is 0 Å². The maximum atomic E-state index is 6.09. The first-order valence-corrected chi connectivity index (χ1v) is 5.65. The first-order chi connectivity index (χ1) is 7.75. The second-order valence-electron chi connectivity index (χ2n) is 4.38. The highest BCUT2D eigenvalue weighted by Gasteiger charge is 2.21. The van der Waals surface area contributed by atoms with Gasteiger partial charge >= 0.3 is 0 Å². The Morgan fingerprint density at radius 3 is 3.19 bits per heavy atom. The molecule has 0 spiro atoms. The topological polar surface area (TPSA) is 57.0 Å². The average Bonchev–Trinajstić information content (AvgIpc) is 2.84. The fourth-order valence-electron chi connectivity index (χ4n) is 2.41. The largest absolute Gasteiger partial charge is 0.360 e. The van der Waals surface area contributed by atoms with Gasteiger partial charge in [0.05, 0.1) is 0 Å². The standard InChI is InChI=1S/C12H15N3O/c1-8-7-12(14-16-8)15-6-5-9-10(13)3-2-4-11(9)15/h5-7,10H,2-4,13H2,1H3. The van der Waals surface area contributed by atoms with Gasteiger partial charge in [0, 0.05) is 24.0 Å². The molecule has 1 aliphatic rings. The zero-order valence-electron chi connectivity index (χ0n) is 9.31. The van der Waals surface area contributed by atoms with Gasteiger partial charge in [-0.2, -0.15) is 0 Å². The lowest BCUT2D eigenvalue weighted by Crippen LogP contribution is -2.17. The van der Waals surface area contributed by atoms with E-state index in [1.165, 1.54) is 11.3 Å². The van der Waals surface area contributed by atoms with Crippen LogP contribution in [-0.4, -0.2) is 9.72 Å². The Balaban J connectivity index is 2.09. The van der Waals surface area contributed by atoms with E-state index in [-0.39, 0.29) is 6.04 Å². The molecule has 0 fully saturated rings. The number of aryl methyl sites for hydroxylation is 1. The summed E-state index contributed by atoms with van der Waals surface area (Å²) in [5.41, 5.74) is 8.63. The predicted molar refractivity (Wildman–Crippen MR) is 60.4 cm³/mol. The molecule has 1 aliphatic carbocycles. The van der Waals surface area contributed by atoms with Gasteiger partial charge in [-0.3, -0.25) is 0 Å². The Bertz CT molecular complexity index is 512. The van der Waals surface area contributed by atoms with E-state index in [4.69, 9.17) is 10.3 Å². The van der Waals surface area contributed by atoms with Crippen LogP contribution in [0.15, 0.2) is 22.9 Å². The summed E-state index contributed by atoms with van der Waals surface area (Å²) in [7, 11) is 0. The van der Waals surface area contributed by atoms with Crippen molar-refractivity contribution in [2.75, 3.05) is 0 Å². The van der Waals surface area contributed by atoms with E-state index < -0.39 is 0 Å². The second-order valence-corrected chi connectivity index (χ2v) is 4.38. The fraction of sp³-hybridized carbons (Fsp3) is 0.417. The average molecular weight is 217 g/mol. The monoisotopic (exact) mass is 217 g/mol. The molecule has 0 saturated heterocycles. The fourth-order valence-corrected chi connectivity index (χ4v) is 2.41. The van der Waals surface area contributed by atoms with Crippen molar-refractivity contribution in [3.63, 3.8) is 0 Å². The second kappa shape index (κ2) is 3.49. The van der Waals surface area contributed by atoms with Gasteiger partial charge < -0.3 is 14.8 Å². The van der Waals surface area contributed by atoms with Gasteiger partial charge in [-0.1, -0.05) is 5.16 Å². The summed E-state index contributed by atoms with van der Waals surface area (Å²) in [4.78, 5) is 0. The number of nitrogens with zero attached hydrogens (tertiary/aromatic N) is 2. The predicted octanol–water partition coefficient (Wildman–Crippen LogP) is 2.11. The number of fused-ring (bicyclic) bond motifs is 1. The molecule has 0 radical (unpaired) electrons. The molecule has 2 aromatic heterocycles. The van der Waals surface area contributed by atoms with Crippen LogP contribution in [0.25, 0.3) is 5.82 Å².